The van der Waals surface area contributed by atoms with Crippen molar-refractivity contribution in [2.24, 2.45) is 0 Å². The number of nitriles is 1. The van der Waals surface area contributed by atoms with Gasteiger partial charge in [0.1, 0.15) is 0 Å². The van der Waals surface area contributed by atoms with Gasteiger partial charge in [-0.3, -0.25) is 4.31 Å². The third-order valence-corrected chi connectivity index (χ3v) is 6.41. The predicted molar refractivity (Wildman–Crippen MR) is 87.5 cm³/mol. The van der Waals surface area contributed by atoms with Crippen molar-refractivity contribution in [1.82, 2.24) is 0 Å². The van der Waals surface area contributed by atoms with E-state index in [9.17, 15) is 8.42 Å². The van der Waals surface area contributed by atoms with E-state index in [0.29, 0.717) is 17.8 Å². The van der Waals surface area contributed by atoms with Gasteiger partial charge in [-0.25, -0.2) is 8.42 Å². The first-order valence-corrected chi connectivity index (χ1v) is 9.30. The molecule has 2 aromatic carbocycles. The Morgan fingerprint density at radius 1 is 1.14 bits per heavy atom. The number of para-hydroxylation sites is 1. The van der Waals surface area contributed by atoms with Gasteiger partial charge in [0.25, 0.3) is 10.0 Å². The number of fused-ring (bicyclic) bond motifs is 1. The van der Waals surface area contributed by atoms with E-state index in [2.05, 4.69) is 0 Å². The van der Waals surface area contributed by atoms with Gasteiger partial charge in [0, 0.05) is 11.4 Å². The van der Waals surface area contributed by atoms with Crippen LogP contribution < -0.4 is 4.31 Å². The van der Waals surface area contributed by atoms with Gasteiger partial charge in [-0.1, -0.05) is 18.2 Å². The molecule has 0 amide bonds. The average molecular weight is 330 g/mol. The lowest BCUT2D eigenvalue weighted by Crippen LogP contribution is -2.32. The van der Waals surface area contributed by atoms with Gasteiger partial charge in [0.05, 0.1) is 22.2 Å². The number of nitrogens with zero attached hydrogens (tertiary/aromatic N) is 2. The van der Waals surface area contributed by atoms with E-state index in [-0.39, 0.29) is 4.90 Å². The van der Waals surface area contributed by atoms with E-state index in [0.717, 1.165) is 17.1 Å². The molecule has 4 nitrogen and oxygen atoms in total. The van der Waals surface area contributed by atoms with Crippen LogP contribution in [0.3, 0.4) is 0 Å². The molecule has 1 aliphatic heterocycles. The molecule has 0 aromatic heterocycles. The minimum Gasteiger partial charge on any atom is -0.265 e. The van der Waals surface area contributed by atoms with Crippen molar-refractivity contribution in [1.29, 1.82) is 5.26 Å². The zero-order valence-electron chi connectivity index (χ0n) is 11.8. The first-order valence-electron chi connectivity index (χ1n) is 6.87. The maximum Gasteiger partial charge on any atom is 0.264 e. The lowest BCUT2D eigenvalue weighted by Gasteiger charge is -2.24. The van der Waals surface area contributed by atoms with Gasteiger partial charge in [0.15, 0.2) is 0 Å². The van der Waals surface area contributed by atoms with Crippen molar-refractivity contribution in [2.45, 2.75) is 16.2 Å². The Morgan fingerprint density at radius 2 is 1.95 bits per heavy atom. The number of sulfonamides is 1. The van der Waals surface area contributed by atoms with Gasteiger partial charge >= 0.3 is 0 Å². The molecule has 0 N–H and O–H groups in total. The summed E-state index contributed by atoms with van der Waals surface area (Å²) in [6.07, 6.45) is 0.788. The van der Waals surface area contributed by atoms with E-state index in [1.54, 1.807) is 23.9 Å². The van der Waals surface area contributed by atoms with Crippen molar-refractivity contribution in [3.05, 3.63) is 54.1 Å². The fraction of sp³-hybridized carbons (Fsp3) is 0.188. The molecule has 6 heteroatoms. The molecular formula is C16H14N2O2S2. The van der Waals surface area contributed by atoms with Gasteiger partial charge in [0.2, 0.25) is 0 Å². The van der Waals surface area contributed by atoms with Crippen molar-refractivity contribution in [3.8, 4) is 6.07 Å². The fourth-order valence-electron chi connectivity index (χ4n) is 2.40. The molecule has 0 spiro atoms. The largest absolute Gasteiger partial charge is 0.265 e. The molecule has 3 rings (SSSR count). The van der Waals surface area contributed by atoms with Crippen LogP contribution in [-0.2, 0) is 10.0 Å². The van der Waals surface area contributed by atoms with Crippen molar-refractivity contribution in [3.63, 3.8) is 0 Å². The molecule has 0 fully saturated rings. The summed E-state index contributed by atoms with van der Waals surface area (Å²) in [5, 5.41) is 8.98. The fourth-order valence-corrected chi connectivity index (χ4v) is 5.02. The Kier molecular flexibility index (Phi) is 4.10. The number of hydrogen-bond donors (Lipinski definition) is 0. The molecule has 112 valence electrons. The molecule has 2 aromatic rings. The maximum atomic E-state index is 13.0. The molecule has 1 aliphatic rings. The molecule has 0 radical (unpaired) electrons. The van der Waals surface area contributed by atoms with Crippen LogP contribution in [0, 0.1) is 11.3 Å². The van der Waals surface area contributed by atoms with Gasteiger partial charge in [-0.05, 0) is 42.5 Å². The van der Waals surface area contributed by atoms with E-state index in [1.165, 1.54) is 16.4 Å². The SMILES string of the molecule is N#Cc1cccc(S(=O)(=O)N2CCCSc3ccccc32)c1. The highest BCUT2D eigenvalue weighted by atomic mass is 32.2. The summed E-state index contributed by atoms with van der Waals surface area (Å²) in [4.78, 5) is 1.13. The van der Waals surface area contributed by atoms with E-state index >= 15 is 0 Å². The van der Waals surface area contributed by atoms with E-state index in [1.807, 2.05) is 30.3 Å². The lowest BCUT2D eigenvalue weighted by molar-refractivity contribution is 0.590. The molecule has 0 saturated carbocycles. The molecule has 0 atom stereocenters. The summed E-state index contributed by atoms with van der Waals surface area (Å²) in [5.74, 6) is 0.890. The quantitative estimate of drug-likeness (QED) is 0.848. The summed E-state index contributed by atoms with van der Waals surface area (Å²) in [6, 6.07) is 15.7. The minimum atomic E-state index is -3.66. The van der Waals surface area contributed by atoms with Crippen molar-refractivity contribution in [2.75, 3.05) is 16.6 Å². The Labute approximate surface area is 134 Å². The summed E-state index contributed by atoms with van der Waals surface area (Å²) >= 11 is 1.67. The molecule has 0 bridgehead atoms. The summed E-state index contributed by atoms with van der Waals surface area (Å²) in [5.41, 5.74) is 1.06. The summed E-state index contributed by atoms with van der Waals surface area (Å²) < 4.78 is 27.4. The van der Waals surface area contributed by atoms with Crippen LogP contribution in [0.1, 0.15) is 12.0 Å². The minimum absolute atomic E-state index is 0.160. The van der Waals surface area contributed by atoms with E-state index in [4.69, 9.17) is 5.26 Å². The van der Waals surface area contributed by atoms with Crippen LogP contribution in [0.2, 0.25) is 0 Å². The molecule has 22 heavy (non-hydrogen) atoms. The zero-order valence-corrected chi connectivity index (χ0v) is 13.4. The summed E-state index contributed by atoms with van der Waals surface area (Å²) in [6.45, 7) is 0.448. The van der Waals surface area contributed by atoms with Gasteiger partial charge in [-0.15, -0.1) is 11.8 Å². The van der Waals surface area contributed by atoms with Crippen LogP contribution >= 0.6 is 11.8 Å². The topological polar surface area (TPSA) is 61.2 Å². The Hall–Kier alpha value is -1.97. The van der Waals surface area contributed by atoms with Crippen LogP contribution in [-0.4, -0.2) is 20.7 Å². The third kappa shape index (κ3) is 2.70. The smallest absolute Gasteiger partial charge is 0.264 e. The number of rotatable bonds is 2. The lowest BCUT2D eigenvalue weighted by atomic mass is 10.2. The Morgan fingerprint density at radius 3 is 2.77 bits per heavy atom. The highest BCUT2D eigenvalue weighted by Crippen LogP contribution is 2.36. The number of hydrogen-bond acceptors (Lipinski definition) is 4. The number of thioether (sulfide) groups is 1. The van der Waals surface area contributed by atoms with Crippen LogP contribution in [0.25, 0.3) is 0 Å². The highest BCUT2D eigenvalue weighted by molar-refractivity contribution is 7.99. The van der Waals surface area contributed by atoms with Gasteiger partial charge in [-0.2, -0.15) is 5.26 Å². The molecular weight excluding hydrogens is 316 g/mol. The summed E-state index contributed by atoms with van der Waals surface area (Å²) in [7, 11) is -3.66. The highest BCUT2D eigenvalue weighted by Gasteiger charge is 2.28. The third-order valence-electron chi connectivity index (χ3n) is 3.45. The first kappa shape index (κ1) is 14.9. The Balaban J connectivity index is 2.11. The average Bonchev–Trinajstić information content (AvgIpc) is 2.77. The van der Waals surface area contributed by atoms with Crippen LogP contribution in [0.15, 0.2) is 58.3 Å². The van der Waals surface area contributed by atoms with Crippen LogP contribution in [0.5, 0.6) is 0 Å². The first-order chi connectivity index (χ1) is 10.6. The zero-order chi connectivity index (χ0) is 15.6. The molecule has 0 unspecified atom stereocenters. The molecule has 0 aliphatic carbocycles. The second kappa shape index (κ2) is 6.03. The maximum absolute atomic E-state index is 13.0. The molecule has 1 heterocycles. The van der Waals surface area contributed by atoms with E-state index < -0.39 is 10.0 Å². The second-order valence-electron chi connectivity index (χ2n) is 4.89. The second-order valence-corrected chi connectivity index (χ2v) is 7.89. The standard InChI is InChI=1S/C16H14N2O2S2/c17-12-13-5-3-6-14(11-13)22(19,20)18-9-4-10-21-16-8-2-1-7-15(16)18/h1-3,5-8,11H,4,9-10H2. The number of benzene rings is 2. The Bertz CT molecular complexity index is 841. The van der Waals surface area contributed by atoms with Crippen LogP contribution in [0.4, 0.5) is 5.69 Å². The normalized spacial score (nSPS) is 14.8. The monoisotopic (exact) mass is 330 g/mol. The van der Waals surface area contributed by atoms with Crippen molar-refractivity contribution >= 4 is 27.5 Å². The predicted octanol–water partition coefficient (Wildman–Crippen LogP) is 3.25. The van der Waals surface area contributed by atoms with Gasteiger partial charge < -0.3 is 0 Å². The number of anilines is 1. The molecule has 0 saturated heterocycles. The van der Waals surface area contributed by atoms with Crippen molar-refractivity contribution < 1.29 is 8.42 Å².